The van der Waals surface area contributed by atoms with E-state index in [-0.39, 0.29) is 0 Å². The number of imidazole rings is 1. The van der Waals surface area contributed by atoms with E-state index < -0.39 is 0 Å². The number of nitrogens with two attached hydrogens (primary N) is 1. The summed E-state index contributed by atoms with van der Waals surface area (Å²) < 4.78 is 1.97. The number of hydrogen-bond donors (Lipinski definition) is 1. The first-order valence-corrected chi connectivity index (χ1v) is 4.36. The minimum atomic E-state index is 0.539. The van der Waals surface area contributed by atoms with E-state index in [0.717, 1.165) is 16.6 Å². The second-order valence-electron chi connectivity index (χ2n) is 3.17. The van der Waals surface area contributed by atoms with Crippen molar-refractivity contribution < 1.29 is 0 Å². The van der Waals surface area contributed by atoms with E-state index in [0.29, 0.717) is 5.84 Å². The largest absolute Gasteiger partial charge is 0.384 e. The van der Waals surface area contributed by atoms with Crippen LogP contribution in [-0.2, 0) is 7.05 Å². The van der Waals surface area contributed by atoms with Gasteiger partial charge in [0.15, 0.2) is 0 Å². The summed E-state index contributed by atoms with van der Waals surface area (Å²) >= 11 is 0. The molecule has 0 radical (unpaired) electrons. The molecular formula is C10H12N4. The van der Waals surface area contributed by atoms with Crippen molar-refractivity contribution in [3.63, 3.8) is 0 Å². The summed E-state index contributed by atoms with van der Waals surface area (Å²) in [4.78, 5) is 8.18. The third-order valence-electron chi connectivity index (χ3n) is 2.26. The number of fused-ring (bicyclic) bond motifs is 1. The molecule has 4 nitrogen and oxygen atoms in total. The van der Waals surface area contributed by atoms with E-state index >= 15 is 0 Å². The Kier molecular flexibility index (Phi) is 1.96. The highest BCUT2D eigenvalue weighted by Crippen LogP contribution is 2.13. The van der Waals surface area contributed by atoms with Gasteiger partial charge in [-0.1, -0.05) is 0 Å². The standard InChI is InChI=1S/C10H12N4/c1-12-10(11)7-3-4-9-8(5-7)13-6-14(9)2/h3-6H,1-2H3,(H2,11,12). The summed E-state index contributed by atoms with van der Waals surface area (Å²) in [6, 6.07) is 5.89. The van der Waals surface area contributed by atoms with Crippen LogP contribution in [0.2, 0.25) is 0 Å². The maximum Gasteiger partial charge on any atom is 0.125 e. The van der Waals surface area contributed by atoms with Crippen molar-refractivity contribution in [1.29, 1.82) is 0 Å². The minimum Gasteiger partial charge on any atom is -0.384 e. The Labute approximate surface area is 82.1 Å². The van der Waals surface area contributed by atoms with Crippen LogP contribution in [0.5, 0.6) is 0 Å². The van der Waals surface area contributed by atoms with Crippen molar-refractivity contribution in [3.05, 3.63) is 30.1 Å². The van der Waals surface area contributed by atoms with Gasteiger partial charge < -0.3 is 10.3 Å². The van der Waals surface area contributed by atoms with Gasteiger partial charge in [0.2, 0.25) is 0 Å². The lowest BCUT2D eigenvalue weighted by atomic mass is 10.2. The van der Waals surface area contributed by atoms with Gasteiger partial charge in [0.05, 0.1) is 17.4 Å². The fourth-order valence-corrected chi connectivity index (χ4v) is 1.42. The molecule has 0 fully saturated rings. The molecule has 0 saturated carbocycles. The van der Waals surface area contributed by atoms with E-state index in [1.807, 2.05) is 29.8 Å². The molecule has 2 aromatic rings. The van der Waals surface area contributed by atoms with Crippen molar-refractivity contribution in [2.24, 2.45) is 17.8 Å². The molecule has 0 amide bonds. The molecular weight excluding hydrogens is 176 g/mol. The monoisotopic (exact) mass is 188 g/mol. The lowest BCUT2D eigenvalue weighted by Gasteiger charge is -1.99. The smallest absolute Gasteiger partial charge is 0.125 e. The highest BCUT2D eigenvalue weighted by Gasteiger charge is 2.02. The van der Waals surface area contributed by atoms with E-state index in [4.69, 9.17) is 5.73 Å². The van der Waals surface area contributed by atoms with Gasteiger partial charge in [-0.25, -0.2) is 4.98 Å². The van der Waals surface area contributed by atoms with Gasteiger partial charge in [0.25, 0.3) is 0 Å². The molecule has 72 valence electrons. The van der Waals surface area contributed by atoms with Gasteiger partial charge in [0.1, 0.15) is 5.84 Å². The summed E-state index contributed by atoms with van der Waals surface area (Å²) in [6.07, 6.45) is 1.79. The van der Waals surface area contributed by atoms with Crippen molar-refractivity contribution in [2.45, 2.75) is 0 Å². The quantitative estimate of drug-likeness (QED) is 0.534. The second-order valence-corrected chi connectivity index (χ2v) is 3.17. The van der Waals surface area contributed by atoms with Crippen LogP contribution >= 0.6 is 0 Å². The zero-order chi connectivity index (χ0) is 10.1. The number of aliphatic imine (C=N–C) groups is 1. The zero-order valence-corrected chi connectivity index (χ0v) is 8.23. The Bertz CT molecular complexity index is 496. The molecule has 2 N–H and O–H groups in total. The van der Waals surface area contributed by atoms with Gasteiger partial charge in [0, 0.05) is 19.7 Å². The number of amidine groups is 1. The highest BCUT2D eigenvalue weighted by molar-refractivity contribution is 5.99. The molecule has 0 aliphatic heterocycles. The maximum atomic E-state index is 5.71. The van der Waals surface area contributed by atoms with E-state index in [1.54, 1.807) is 13.4 Å². The van der Waals surface area contributed by atoms with Crippen LogP contribution in [0.4, 0.5) is 0 Å². The van der Waals surface area contributed by atoms with Crippen LogP contribution in [0.25, 0.3) is 11.0 Å². The number of aromatic nitrogens is 2. The topological polar surface area (TPSA) is 56.2 Å². The summed E-state index contributed by atoms with van der Waals surface area (Å²) in [7, 11) is 3.64. The molecule has 1 aromatic heterocycles. The average molecular weight is 188 g/mol. The summed E-state index contributed by atoms with van der Waals surface area (Å²) in [5.41, 5.74) is 8.66. The second kappa shape index (κ2) is 3.14. The lowest BCUT2D eigenvalue weighted by molar-refractivity contribution is 0.947. The zero-order valence-electron chi connectivity index (χ0n) is 8.23. The Morgan fingerprint density at radius 3 is 3.00 bits per heavy atom. The number of nitrogens with zero attached hydrogens (tertiary/aromatic N) is 3. The van der Waals surface area contributed by atoms with Crippen LogP contribution in [0.15, 0.2) is 29.5 Å². The Balaban J connectivity index is 2.63. The first kappa shape index (κ1) is 8.74. The Hall–Kier alpha value is -1.84. The molecule has 14 heavy (non-hydrogen) atoms. The van der Waals surface area contributed by atoms with E-state index in [1.165, 1.54) is 0 Å². The van der Waals surface area contributed by atoms with Crippen molar-refractivity contribution in [3.8, 4) is 0 Å². The Morgan fingerprint density at radius 2 is 2.29 bits per heavy atom. The molecule has 0 spiro atoms. The third kappa shape index (κ3) is 1.25. The number of hydrogen-bond acceptors (Lipinski definition) is 2. The first-order chi connectivity index (χ1) is 6.72. The molecule has 0 aliphatic carbocycles. The van der Waals surface area contributed by atoms with Crippen LogP contribution in [0.3, 0.4) is 0 Å². The molecule has 2 rings (SSSR count). The molecule has 0 atom stereocenters. The number of aryl methyl sites for hydroxylation is 1. The molecule has 1 aromatic carbocycles. The van der Waals surface area contributed by atoms with Crippen molar-refractivity contribution in [2.75, 3.05) is 7.05 Å². The van der Waals surface area contributed by atoms with Gasteiger partial charge >= 0.3 is 0 Å². The van der Waals surface area contributed by atoms with E-state index in [9.17, 15) is 0 Å². The van der Waals surface area contributed by atoms with Gasteiger partial charge in [-0.2, -0.15) is 0 Å². The normalized spacial score (nSPS) is 12.3. The van der Waals surface area contributed by atoms with Crippen LogP contribution in [0, 0.1) is 0 Å². The molecule has 0 unspecified atom stereocenters. The average Bonchev–Trinajstić information content (AvgIpc) is 2.59. The van der Waals surface area contributed by atoms with Crippen molar-refractivity contribution >= 4 is 16.9 Å². The van der Waals surface area contributed by atoms with Crippen LogP contribution in [-0.4, -0.2) is 22.4 Å². The Morgan fingerprint density at radius 1 is 1.50 bits per heavy atom. The molecule has 4 heteroatoms. The highest BCUT2D eigenvalue weighted by atomic mass is 15.0. The van der Waals surface area contributed by atoms with Gasteiger partial charge in [-0.15, -0.1) is 0 Å². The SMILES string of the molecule is CN=C(N)c1ccc2c(c1)ncn2C. The third-order valence-corrected chi connectivity index (χ3v) is 2.26. The first-order valence-electron chi connectivity index (χ1n) is 4.36. The molecule has 1 heterocycles. The summed E-state index contributed by atoms with van der Waals surface area (Å²) in [5, 5.41) is 0. The lowest BCUT2D eigenvalue weighted by Crippen LogP contribution is -2.12. The summed E-state index contributed by atoms with van der Waals surface area (Å²) in [6.45, 7) is 0. The van der Waals surface area contributed by atoms with Crippen molar-refractivity contribution in [1.82, 2.24) is 9.55 Å². The predicted molar refractivity (Wildman–Crippen MR) is 57.4 cm³/mol. The molecule has 0 saturated heterocycles. The van der Waals surface area contributed by atoms with Crippen LogP contribution in [0.1, 0.15) is 5.56 Å². The fourth-order valence-electron chi connectivity index (χ4n) is 1.42. The summed E-state index contributed by atoms with van der Waals surface area (Å²) in [5.74, 6) is 0.539. The fraction of sp³-hybridized carbons (Fsp3) is 0.200. The van der Waals surface area contributed by atoms with E-state index in [2.05, 4.69) is 9.98 Å². The van der Waals surface area contributed by atoms with Gasteiger partial charge in [-0.05, 0) is 18.2 Å². The number of benzene rings is 1. The van der Waals surface area contributed by atoms with Gasteiger partial charge in [-0.3, -0.25) is 4.99 Å². The molecule has 0 bridgehead atoms. The minimum absolute atomic E-state index is 0.539. The molecule has 0 aliphatic rings. The van der Waals surface area contributed by atoms with Crippen LogP contribution < -0.4 is 5.73 Å². The maximum absolute atomic E-state index is 5.71. The predicted octanol–water partition coefficient (Wildman–Crippen LogP) is 0.908. The number of rotatable bonds is 1.